The summed E-state index contributed by atoms with van der Waals surface area (Å²) in [4.78, 5) is 8.46. The Hall–Kier alpha value is -4.05. The van der Waals surface area contributed by atoms with Crippen molar-refractivity contribution in [2.45, 2.75) is 38.2 Å². The van der Waals surface area contributed by atoms with Gasteiger partial charge in [-0.3, -0.25) is 9.29 Å². The molecule has 220 valence electrons. The highest BCUT2D eigenvalue weighted by Crippen LogP contribution is 2.38. The molecule has 14 nitrogen and oxygen atoms in total. The summed E-state index contributed by atoms with van der Waals surface area (Å²) in [5, 5.41) is 26.1. The van der Waals surface area contributed by atoms with Gasteiger partial charge in [0.15, 0.2) is 11.6 Å². The highest BCUT2D eigenvalue weighted by atomic mass is 32.2. The van der Waals surface area contributed by atoms with E-state index in [1.165, 1.54) is 38.1 Å². The number of aromatic nitrogens is 5. The van der Waals surface area contributed by atoms with Gasteiger partial charge in [0.1, 0.15) is 40.4 Å². The van der Waals surface area contributed by atoms with Gasteiger partial charge in [0.25, 0.3) is 0 Å². The van der Waals surface area contributed by atoms with Gasteiger partial charge in [0, 0.05) is 12.4 Å². The van der Waals surface area contributed by atoms with E-state index in [0.717, 1.165) is 5.56 Å². The quantitative estimate of drug-likeness (QED) is 0.207. The van der Waals surface area contributed by atoms with Crippen molar-refractivity contribution < 1.29 is 37.3 Å². The summed E-state index contributed by atoms with van der Waals surface area (Å²) in [6, 6.07) is 8.51. The third-order valence-electron chi connectivity index (χ3n) is 6.13. The molecule has 0 saturated heterocycles. The van der Waals surface area contributed by atoms with Gasteiger partial charge in [-0.1, -0.05) is 6.07 Å². The average Bonchev–Trinajstić information content (AvgIpc) is 3.58. The molecular formula is C26H32N6O8S. The second-order valence-corrected chi connectivity index (χ2v) is 11.2. The van der Waals surface area contributed by atoms with E-state index in [2.05, 4.69) is 24.9 Å². The molecule has 41 heavy (non-hydrogen) atoms. The van der Waals surface area contributed by atoms with E-state index >= 15 is 0 Å². The molecule has 0 unspecified atom stereocenters. The van der Waals surface area contributed by atoms with Crippen molar-refractivity contribution in [3.05, 3.63) is 59.9 Å². The minimum absolute atomic E-state index is 0.0817. The van der Waals surface area contributed by atoms with Gasteiger partial charge in [-0.25, -0.2) is 18.4 Å². The number of ether oxygens (including phenoxy) is 3. The second kappa shape index (κ2) is 12.6. The Morgan fingerprint density at radius 2 is 1.71 bits per heavy atom. The van der Waals surface area contributed by atoms with Crippen LogP contribution in [0, 0.1) is 13.8 Å². The first-order chi connectivity index (χ1) is 19.6. The van der Waals surface area contributed by atoms with Crippen LogP contribution in [0.4, 0.5) is 5.95 Å². The molecule has 0 saturated carbocycles. The topological polar surface area (TPSA) is 184 Å². The first-order valence-electron chi connectivity index (χ1n) is 12.5. The first-order valence-corrected chi connectivity index (χ1v) is 14.1. The molecule has 15 heteroatoms. The van der Waals surface area contributed by atoms with Crippen LogP contribution < -0.4 is 14.2 Å². The number of sulfonamides is 1. The van der Waals surface area contributed by atoms with Crippen LogP contribution in [0.2, 0.25) is 0 Å². The highest BCUT2D eigenvalue weighted by Gasteiger charge is 2.36. The van der Waals surface area contributed by atoms with Gasteiger partial charge < -0.3 is 28.8 Å². The zero-order valence-corrected chi connectivity index (χ0v) is 24.0. The van der Waals surface area contributed by atoms with E-state index in [9.17, 15) is 18.6 Å². The largest absolute Gasteiger partial charge is 0.494 e. The van der Waals surface area contributed by atoms with Gasteiger partial charge in [0.05, 0.1) is 27.4 Å². The molecule has 0 radical (unpaired) electrons. The second-order valence-electron chi connectivity index (χ2n) is 9.17. The Balaban J connectivity index is 1.80. The maximum atomic E-state index is 13.8. The van der Waals surface area contributed by atoms with E-state index in [0.29, 0.717) is 28.7 Å². The van der Waals surface area contributed by atoms with Crippen LogP contribution in [0.1, 0.15) is 30.2 Å². The van der Waals surface area contributed by atoms with Crippen LogP contribution in [0.5, 0.6) is 11.5 Å². The summed E-state index contributed by atoms with van der Waals surface area (Å²) in [5.41, 5.74) is 1.09. The summed E-state index contributed by atoms with van der Waals surface area (Å²) in [6.07, 6.45) is 0.608. The Kier molecular flexibility index (Phi) is 9.22. The molecular weight excluding hydrogens is 556 g/mol. The number of methoxy groups -OCH3 is 2. The van der Waals surface area contributed by atoms with E-state index < -0.39 is 34.1 Å². The number of nitrogens with zero attached hydrogens (tertiary/aromatic N) is 5. The molecule has 3 aromatic heterocycles. The van der Waals surface area contributed by atoms with E-state index in [4.69, 9.17) is 18.6 Å². The fourth-order valence-corrected chi connectivity index (χ4v) is 5.05. The maximum Gasteiger partial charge on any atom is 0.243 e. The zero-order valence-electron chi connectivity index (χ0n) is 23.2. The molecule has 4 aromatic rings. The number of benzene rings is 1. The molecule has 3 N–H and O–H groups in total. The minimum Gasteiger partial charge on any atom is -0.494 e. The Bertz CT molecular complexity index is 1550. The number of aliphatic hydroxyl groups is 2. The van der Waals surface area contributed by atoms with E-state index in [-0.39, 0.29) is 24.2 Å². The third-order valence-corrected chi connectivity index (χ3v) is 7.83. The highest BCUT2D eigenvalue weighted by molar-refractivity contribution is 7.93. The smallest absolute Gasteiger partial charge is 0.243 e. The number of aliphatic hydroxyl groups excluding tert-OH is 2. The Morgan fingerprint density at radius 1 is 1.05 bits per heavy atom. The number of hydrogen-bond acceptors (Lipinski definition) is 12. The molecule has 3 atom stereocenters. The average molecular weight is 589 g/mol. The van der Waals surface area contributed by atoms with Crippen molar-refractivity contribution >= 4 is 16.0 Å². The lowest BCUT2D eigenvalue weighted by Gasteiger charge is -2.25. The molecule has 4 rings (SSSR count). The number of aryl methyl sites for hydroxylation is 2. The van der Waals surface area contributed by atoms with E-state index in [1.54, 1.807) is 44.2 Å². The van der Waals surface area contributed by atoms with Crippen molar-refractivity contribution in [1.82, 2.24) is 24.7 Å². The summed E-state index contributed by atoms with van der Waals surface area (Å²) >= 11 is 0. The lowest BCUT2D eigenvalue weighted by Crippen LogP contribution is -2.35. The van der Waals surface area contributed by atoms with Crippen molar-refractivity contribution in [1.29, 1.82) is 0 Å². The Morgan fingerprint density at radius 3 is 2.27 bits per heavy atom. The SMILES string of the molecule is COc1cccc(OC)c1-n1c(NS(=O)(=O)[C@H](C)[C@H](OC[C@@H](O)CO)c2ncc(C)cn2)nnc1-c1ccc(C)o1. The summed E-state index contributed by atoms with van der Waals surface area (Å²) in [7, 11) is -1.36. The van der Waals surface area contributed by atoms with E-state index in [1.807, 2.05) is 0 Å². The Labute approximate surface area is 237 Å². The van der Waals surface area contributed by atoms with Crippen molar-refractivity contribution in [3.8, 4) is 28.8 Å². The van der Waals surface area contributed by atoms with Gasteiger partial charge in [-0.2, -0.15) is 0 Å². The van der Waals surface area contributed by atoms with Crippen LogP contribution in [0.15, 0.2) is 47.1 Å². The van der Waals surface area contributed by atoms with Crippen LogP contribution >= 0.6 is 0 Å². The van der Waals surface area contributed by atoms with Crippen LogP contribution in [-0.4, -0.2) is 82.2 Å². The van der Waals surface area contributed by atoms with Crippen molar-refractivity contribution in [2.75, 3.05) is 32.2 Å². The molecule has 0 spiro atoms. The number of hydrogen-bond donors (Lipinski definition) is 3. The normalized spacial score (nSPS) is 13.9. The fourth-order valence-electron chi connectivity index (χ4n) is 3.95. The molecule has 3 heterocycles. The first kappa shape index (κ1) is 29.9. The lowest BCUT2D eigenvalue weighted by molar-refractivity contribution is -0.0324. The number of anilines is 1. The molecule has 0 amide bonds. The van der Waals surface area contributed by atoms with Gasteiger partial charge >= 0.3 is 0 Å². The van der Waals surface area contributed by atoms with Crippen molar-refractivity contribution in [2.24, 2.45) is 0 Å². The summed E-state index contributed by atoms with van der Waals surface area (Å²) < 4.78 is 54.2. The molecule has 0 aliphatic carbocycles. The standard InChI is InChI=1S/C26H32N6O8S/c1-15-11-27-24(28-12-15)23(39-14-18(34)13-33)17(3)41(35,36)31-26-30-29-25(21-10-9-16(2)40-21)32(26)22-19(37-4)7-6-8-20(22)38-5/h6-12,17-18,23,33-34H,13-14H2,1-5H3,(H,30,31)/t17-,18+,23+/m1/s1. The number of rotatable bonds is 13. The fraction of sp³-hybridized carbons (Fsp3) is 0.385. The number of furan rings is 1. The van der Waals surface area contributed by atoms with Gasteiger partial charge in [0.2, 0.25) is 21.8 Å². The molecule has 1 aromatic carbocycles. The van der Waals surface area contributed by atoms with Crippen molar-refractivity contribution in [3.63, 3.8) is 0 Å². The summed E-state index contributed by atoms with van der Waals surface area (Å²) in [5.74, 6) is 1.74. The van der Waals surface area contributed by atoms with Crippen LogP contribution in [0.3, 0.4) is 0 Å². The lowest BCUT2D eigenvalue weighted by atomic mass is 10.2. The summed E-state index contributed by atoms with van der Waals surface area (Å²) in [6.45, 7) is 4.03. The third kappa shape index (κ3) is 6.48. The molecule has 0 aliphatic rings. The molecule has 0 bridgehead atoms. The zero-order chi connectivity index (χ0) is 29.7. The number of para-hydroxylation sites is 1. The maximum absolute atomic E-state index is 13.8. The van der Waals surface area contributed by atoms with Gasteiger partial charge in [-0.15, -0.1) is 10.2 Å². The van der Waals surface area contributed by atoms with Crippen LogP contribution in [0.25, 0.3) is 17.3 Å². The van der Waals surface area contributed by atoms with Crippen LogP contribution in [-0.2, 0) is 14.8 Å². The molecule has 0 fully saturated rings. The molecule has 0 aliphatic heterocycles. The predicted molar refractivity (Wildman–Crippen MR) is 147 cm³/mol. The van der Waals surface area contributed by atoms with Gasteiger partial charge in [-0.05, 0) is 50.6 Å². The number of nitrogens with one attached hydrogen (secondary N) is 1. The monoisotopic (exact) mass is 588 g/mol. The predicted octanol–water partition coefficient (Wildman–Crippen LogP) is 2.19. The minimum atomic E-state index is -4.29.